The third-order valence-corrected chi connectivity index (χ3v) is 6.24. The maximum absolute atomic E-state index is 14.6. The minimum atomic E-state index is -1.06. The number of nitrogens with one attached hydrogen (secondary N) is 1. The van der Waals surface area contributed by atoms with Crippen molar-refractivity contribution in [2.75, 3.05) is 5.32 Å². The van der Waals surface area contributed by atoms with Crippen molar-refractivity contribution in [2.24, 2.45) is 16.6 Å². The number of fused-ring (bicyclic) bond motifs is 1. The van der Waals surface area contributed by atoms with Crippen molar-refractivity contribution in [3.05, 3.63) is 58.4 Å². The Bertz CT molecular complexity index is 969. The van der Waals surface area contributed by atoms with Crippen molar-refractivity contribution in [1.82, 2.24) is 4.98 Å². The molecule has 5 nitrogen and oxygen atoms in total. The van der Waals surface area contributed by atoms with E-state index in [0.717, 1.165) is 12.5 Å². The van der Waals surface area contributed by atoms with Gasteiger partial charge in [0.05, 0.1) is 10.6 Å². The minimum absolute atomic E-state index is 0.0765. The molecule has 3 N–H and O–H groups in total. The molecular weight excluding hydrogens is 394 g/mol. The van der Waals surface area contributed by atoms with Gasteiger partial charge in [-0.25, -0.2) is 13.8 Å². The van der Waals surface area contributed by atoms with E-state index in [0.29, 0.717) is 10.2 Å². The summed E-state index contributed by atoms with van der Waals surface area (Å²) in [5.41, 5.74) is 5.21. The van der Waals surface area contributed by atoms with Gasteiger partial charge >= 0.3 is 0 Å². The molecule has 0 unspecified atom stereocenters. The summed E-state index contributed by atoms with van der Waals surface area (Å²) < 4.78 is 28.9. The zero-order valence-corrected chi connectivity index (χ0v) is 15.7. The van der Waals surface area contributed by atoms with Crippen LogP contribution in [0.4, 0.5) is 14.5 Å². The summed E-state index contributed by atoms with van der Waals surface area (Å²) in [7, 11) is 0. The maximum atomic E-state index is 14.6. The lowest BCUT2D eigenvalue weighted by Gasteiger charge is -2.30. The molecule has 2 aromatic rings. The van der Waals surface area contributed by atoms with Gasteiger partial charge in [0, 0.05) is 34.7 Å². The van der Waals surface area contributed by atoms with Crippen LogP contribution in [-0.4, -0.2) is 21.3 Å². The molecule has 4 rings (SSSR count). The summed E-state index contributed by atoms with van der Waals surface area (Å²) >= 11 is 7.21. The molecule has 2 heterocycles. The summed E-state index contributed by atoms with van der Waals surface area (Å²) in [5.74, 6) is -2.51. The fourth-order valence-electron chi connectivity index (χ4n) is 3.38. The van der Waals surface area contributed by atoms with E-state index in [4.69, 9.17) is 17.3 Å². The number of aliphatic imine (C=N–C) groups is 1. The minimum Gasteiger partial charge on any atom is -0.379 e. The number of carbonyl (C=O) groups excluding carboxylic acids is 1. The van der Waals surface area contributed by atoms with Crippen molar-refractivity contribution in [3.8, 4) is 0 Å². The number of pyridine rings is 1. The average molecular weight is 409 g/mol. The number of hydrogen-bond donors (Lipinski definition) is 2. The number of nitrogens with two attached hydrogens (primary N) is 1. The number of thioether (sulfide) groups is 1. The largest absolute Gasteiger partial charge is 0.379 e. The zero-order chi connectivity index (χ0) is 19.3. The molecular formula is C18H15ClF2N4OS. The van der Waals surface area contributed by atoms with Gasteiger partial charge in [-0.15, -0.1) is 0 Å². The van der Waals surface area contributed by atoms with Crippen LogP contribution >= 0.6 is 23.4 Å². The van der Waals surface area contributed by atoms with Crippen LogP contribution in [0.15, 0.2) is 35.5 Å². The quantitative estimate of drug-likeness (QED) is 0.806. The lowest BCUT2D eigenvalue weighted by molar-refractivity contribution is 0.102. The second kappa shape index (κ2) is 6.45. The molecule has 0 saturated heterocycles. The van der Waals surface area contributed by atoms with Gasteiger partial charge in [-0.2, -0.15) is 0 Å². The molecule has 3 atom stereocenters. The van der Waals surface area contributed by atoms with Gasteiger partial charge in [-0.1, -0.05) is 23.4 Å². The molecule has 140 valence electrons. The molecule has 0 radical (unpaired) electrons. The Hall–Kier alpha value is -2.19. The van der Waals surface area contributed by atoms with Crippen molar-refractivity contribution in [2.45, 2.75) is 24.1 Å². The lowest BCUT2D eigenvalue weighted by atomic mass is 9.86. The van der Waals surface area contributed by atoms with Gasteiger partial charge in [0.25, 0.3) is 5.91 Å². The highest BCUT2D eigenvalue weighted by atomic mass is 35.5. The van der Waals surface area contributed by atoms with Crippen molar-refractivity contribution in [1.29, 1.82) is 0 Å². The zero-order valence-electron chi connectivity index (χ0n) is 14.2. The number of halogens is 3. The summed E-state index contributed by atoms with van der Waals surface area (Å²) in [5, 5.41) is 3.55. The van der Waals surface area contributed by atoms with E-state index in [9.17, 15) is 13.6 Å². The predicted octanol–water partition coefficient (Wildman–Crippen LogP) is 3.93. The standard InChI is InChI=1S/C18H15ClF2N4OS/c1-18(10-6-14(10)27-17(22)25-18)11-4-9(5-12(20)15(11)21)24-16(26)13-3-2-8(19)7-23-13/h2-5,7,10,14H,6H2,1H3,(H2,22,25)(H,24,26)/t10-,14+,18+/m1/s1. The Balaban J connectivity index is 1.69. The number of anilines is 1. The molecule has 1 aromatic carbocycles. The summed E-state index contributed by atoms with van der Waals surface area (Å²) in [4.78, 5) is 20.7. The highest BCUT2D eigenvalue weighted by molar-refractivity contribution is 8.14. The SMILES string of the molecule is C[C@]1(c2cc(NC(=O)c3ccc(Cl)cn3)cc(F)c2F)N=C(N)S[C@H]2C[C@H]21. The van der Waals surface area contributed by atoms with Crippen LogP contribution in [0.25, 0.3) is 0 Å². The van der Waals surface area contributed by atoms with E-state index in [1.807, 2.05) is 0 Å². The van der Waals surface area contributed by atoms with Crippen LogP contribution < -0.4 is 11.1 Å². The van der Waals surface area contributed by atoms with Crippen molar-refractivity contribution >= 4 is 40.1 Å². The molecule has 1 aliphatic heterocycles. The van der Waals surface area contributed by atoms with E-state index >= 15 is 0 Å². The topological polar surface area (TPSA) is 80.4 Å². The molecule has 2 aliphatic rings. The summed E-state index contributed by atoms with van der Waals surface area (Å²) in [6.45, 7) is 1.74. The third-order valence-electron chi connectivity index (χ3n) is 4.86. The van der Waals surface area contributed by atoms with E-state index in [-0.39, 0.29) is 28.1 Å². The number of amidine groups is 1. The molecule has 1 amide bonds. The smallest absolute Gasteiger partial charge is 0.274 e. The molecule has 27 heavy (non-hydrogen) atoms. The van der Waals surface area contributed by atoms with Gasteiger partial charge in [0.1, 0.15) is 5.69 Å². The number of hydrogen-bond acceptors (Lipinski definition) is 5. The van der Waals surface area contributed by atoms with E-state index in [1.165, 1.54) is 36.2 Å². The monoisotopic (exact) mass is 408 g/mol. The first kappa shape index (κ1) is 18.2. The van der Waals surface area contributed by atoms with Gasteiger partial charge in [0.2, 0.25) is 0 Å². The van der Waals surface area contributed by atoms with E-state index in [1.54, 1.807) is 6.92 Å². The summed E-state index contributed by atoms with van der Waals surface area (Å²) in [6, 6.07) is 5.31. The number of benzene rings is 1. The second-order valence-corrected chi connectivity index (χ2v) is 8.43. The molecule has 1 aromatic heterocycles. The normalized spacial score (nSPS) is 26.1. The van der Waals surface area contributed by atoms with Crippen molar-refractivity contribution in [3.63, 3.8) is 0 Å². The van der Waals surface area contributed by atoms with Crippen LogP contribution in [0, 0.1) is 17.6 Å². The number of aromatic nitrogens is 1. The van der Waals surface area contributed by atoms with E-state index in [2.05, 4.69) is 15.3 Å². The third kappa shape index (κ3) is 3.27. The van der Waals surface area contributed by atoms with Crippen molar-refractivity contribution < 1.29 is 13.6 Å². The van der Waals surface area contributed by atoms with Gasteiger partial charge in [-0.3, -0.25) is 9.79 Å². The average Bonchev–Trinajstić information content (AvgIpc) is 3.38. The molecule has 0 bridgehead atoms. The second-order valence-electron chi connectivity index (χ2n) is 6.73. The Morgan fingerprint density at radius 1 is 1.41 bits per heavy atom. The number of carbonyl (C=O) groups is 1. The highest BCUT2D eigenvalue weighted by Crippen LogP contribution is 2.57. The van der Waals surface area contributed by atoms with E-state index < -0.39 is 23.1 Å². The van der Waals surface area contributed by atoms with Crippen LogP contribution in [-0.2, 0) is 5.54 Å². The number of nitrogens with zero attached hydrogens (tertiary/aromatic N) is 2. The highest BCUT2D eigenvalue weighted by Gasteiger charge is 2.56. The van der Waals surface area contributed by atoms with Crippen LogP contribution in [0.5, 0.6) is 0 Å². The van der Waals surface area contributed by atoms with Gasteiger partial charge in [0.15, 0.2) is 16.8 Å². The fraction of sp³-hybridized carbons (Fsp3) is 0.278. The Labute approximate surface area is 163 Å². The fourth-order valence-corrected chi connectivity index (χ4v) is 4.78. The predicted molar refractivity (Wildman–Crippen MR) is 102 cm³/mol. The molecule has 1 fully saturated rings. The Morgan fingerprint density at radius 2 is 2.19 bits per heavy atom. The van der Waals surface area contributed by atoms with Gasteiger partial charge in [-0.05, 0) is 31.5 Å². The Morgan fingerprint density at radius 3 is 2.89 bits per heavy atom. The maximum Gasteiger partial charge on any atom is 0.274 e. The first-order valence-electron chi connectivity index (χ1n) is 8.22. The van der Waals surface area contributed by atoms with Gasteiger partial charge < -0.3 is 11.1 Å². The first-order chi connectivity index (χ1) is 12.8. The summed E-state index contributed by atoms with van der Waals surface area (Å²) in [6.07, 6.45) is 2.16. The lowest BCUT2D eigenvalue weighted by Crippen LogP contribution is -2.32. The Kier molecular flexibility index (Phi) is 4.35. The van der Waals surface area contributed by atoms with Crippen LogP contribution in [0.2, 0.25) is 5.02 Å². The molecule has 1 aliphatic carbocycles. The molecule has 0 spiro atoms. The number of rotatable bonds is 3. The molecule has 1 saturated carbocycles. The van der Waals surface area contributed by atoms with Crippen LogP contribution in [0.3, 0.4) is 0 Å². The first-order valence-corrected chi connectivity index (χ1v) is 9.48. The number of amides is 1. The van der Waals surface area contributed by atoms with Crippen LogP contribution in [0.1, 0.15) is 29.4 Å². The molecule has 9 heteroatoms.